The van der Waals surface area contributed by atoms with Gasteiger partial charge in [0.15, 0.2) is 0 Å². The fourth-order valence-corrected chi connectivity index (χ4v) is 1.26. The summed E-state index contributed by atoms with van der Waals surface area (Å²) in [6, 6.07) is 0. The quantitative estimate of drug-likeness (QED) is 0.355. The molecule has 0 unspecified atom stereocenters. The van der Waals surface area contributed by atoms with Gasteiger partial charge >= 0.3 is 0 Å². The summed E-state index contributed by atoms with van der Waals surface area (Å²) in [6.45, 7) is 5.88. The number of unbranched alkanes of at least 4 members (excludes halogenated alkanes) is 4. The maximum absolute atomic E-state index is 3.71. The second-order valence-electron chi connectivity index (χ2n) is 3.50. The summed E-state index contributed by atoms with van der Waals surface area (Å²) in [5.74, 6) is 0. The van der Waals surface area contributed by atoms with Gasteiger partial charge in [0.2, 0.25) is 0 Å². The molecule has 0 N–H and O–H groups in total. The van der Waals surface area contributed by atoms with Gasteiger partial charge in [-0.15, -0.1) is 6.58 Å². The maximum atomic E-state index is 3.71. The van der Waals surface area contributed by atoms with E-state index in [-0.39, 0.29) is 0 Å². The highest BCUT2D eigenvalue weighted by Gasteiger charge is 1.82. The van der Waals surface area contributed by atoms with Crippen LogP contribution in [0.4, 0.5) is 0 Å². The molecule has 0 aromatic carbocycles. The first-order valence-corrected chi connectivity index (χ1v) is 5.82. The Morgan fingerprint density at radius 2 is 1.36 bits per heavy atom. The van der Waals surface area contributed by atoms with Crippen molar-refractivity contribution in [3.8, 4) is 0 Å². The van der Waals surface area contributed by atoms with Gasteiger partial charge in [0.25, 0.3) is 0 Å². The molecule has 0 nitrogen and oxygen atoms in total. The molecule has 0 saturated carbocycles. The molecule has 0 atom stereocenters. The third-order valence-corrected chi connectivity index (χ3v) is 2.10. The average molecular weight is 192 g/mol. The lowest BCUT2D eigenvalue weighted by molar-refractivity contribution is 0.761. The van der Waals surface area contributed by atoms with Gasteiger partial charge in [-0.3, -0.25) is 0 Å². The fraction of sp³-hybridized carbons (Fsp3) is 0.571. The van der Waals surface area contributed by atoms with Crippen LogP contribution in [-0.2, 0) is 0 Å². The van der Waals surface area contributed by atoms with E-state index in [1.807, 2.05) is 6.08 Å². The SMILES string of the molecule is C=CCCCCC=CCCC=CCC. The highest BCUT2D eigenvalue weighted by atomic mass is 13.9. The summed E-state index contributed by atoms with van der Waals surface area (Å²) in [6.07, 6.45) is 19.6. The van der Waals surface area contributed by atoms with Crippen molar-refractivity contribution in [3.63, 3.8) is 0 Å². The van der Waals surface area contributed by atoms with E-state index in [2.05, 4.69) is 37.8 Å². The standard InChI is InChI=1S/C14H24/c1-3-5-7-9-11-13-14-12-10-8-6-4-2/h3,6,8,13-14H,1,4-5,7,9-12H2,2H3. The van der Waals surface area contributed by atoms with Crippen molar-refractivity contribution in [1.29, 1.82) is 0 Å². The minimum atomic E-state index is 1.16. The van der Waals surface area contributed by atoms with Gasteiger partial charge < -0.3 is 0 Å². The Balaban J connectivity index is 3.11. The normalized spacial score (nSPS) is 11.5. The molecule has 0 spiro atoms. The van der Waals surface area contributed by atoms with Crippen molar-refractivity contribution < 1.29 is 0 Å². The fourth-order valence-electron chi connectivity index (χ4n) is 1.26. The first-order chi connectivity index (χ1) is 6.91. The number of hydrogen-bond donors (Lipinski definition) is 0. The second-order valence-corrected chi connectivity index (χ2v) is 3.50. The summed E-state index contributed by atoms with van der Waals surface area (Å²) in [4.78, 5) is 0. The Labute approximate surface area is 89.4 Å². The van der Waals surface area contributed by atoms with Crippen LogP contribution in [0.15, 0.2) is 37.0 Å². The van der Waals surface area contributed by atoms with E-state index in [1.165, 1.54) is 32.1 Å². The average Bonchev–Trinajstić information content (AvgIpc) is 2.21. The van der Waals surface area contributed by atoms with Gasteiger partial charge in [0, 0.05) is 0 Å². The Morgan fingerprint density at radius 1 is 0.786 bits per heavy atom. The van der Waals surface area contributed by atoms with Crippen molar-refractivity contribution >= 4 is 0 Å². The minimum absolute atomic E-state index is 1.16. The molecular weight excluding hydrogens is 168 g/mol. The summed E-state index contributed by atoms with van der Waals surface area (Å²) in [5, 5.41) is 0. The van der Waals surface area contributed by atoms with Gasteiger partial charge in [0.05, 0.1) is 0 Å². The molecule has 0 aliphatic heterocycles. The van der Waals surface area contributed by atoms with E-state index in [0.29, 0.717) is 0 Å². The van der Waals surface area contributed by atoms with Crippen LogP contribution in [0.25, 0.3) is 0 Å². The summed E-state index contributed by atoms with van der Waals surface area (Å²) >= 11 is 0. The Morgan fingerprint density at radius 3 is 2.00 bits per heavy atom. The van der Waals surface area contributed by atoms with Crippen LogP contribution in [0.3, 0.4) is 0 Å². The molecule has 0 amide bonds. The van der Waals surface area contributed by atoms with Crippen LogP contribution in [0.2, 0.25) is 0 Å². The molecule has 0 rings (SSSR count). The maximum Gasteiger partial charge on any atom is -0.0316 e. The molecule has 14 heavy (non-hydrogen) atoms. The second kappa shape index (κ2) is 12.2. The molecule has 0 aliphatic carbocycles. The predicted octanol–water partition coefficient (Wildman–Crippen LogP) is 5.04. The van der Waals surface area contributed by atoms with Crippen molar-refractivity contribution in [3.05, 3.63) is 37.0 Å². The molecule has 0 radical (unpaired) electrons. The smallest absolute Gasteiger partial charge is 0.0316 e. The largest absolute Gasteiger partial charge is 0.103 e. The molecule has 0 bridgehead atoms. The van der Waals surface area contributed by atoms with Gasteiger partial charge in [-0.25, -0.2) is 0 Å². The van der Waals surface area contributed by atoms with Crippen LogP contribution < -0.4 is 0 Å². The van der Waals surface area contributed by atoms with Crippen LogP contribution in [0.5, 0.6) is 0 Å². The molecule has 0 aliphatic rings. The molecule has 0 saturated heterocycles. The summed E-state index contributed by atoms with van der Waals surface area (Å²) in [5.41, 5.74) is 0. The monoisotopic (exact) mass is 192 g/mol. The highest BCUT2D eigenvalue weighted by Crippen LogP contribution is 2.02. The van der Waals surface area contributed by atoms with Crippen LogP contribution in [-0.4, -0.2) is 0 Å². The lowest BCUT2D eigenvalue weighted by Crippen LogP contribution is -1.72. The Bertz CT molecular complexity index is 163. The van der Waals surface area contributed by atoms with E-state index in [4.69, 9.17) is 0 Å². The Kier molecular flexibility index (Phi) is 11.5. The summed E-state index contributed by atoms with van der Waals surface area (Å²) < 4.78 is 0. The topological polar surface area (TPSA) is 0 Å². The third-order valence-electron chi connectivity index (χ3n) is 2.10. The first-order valence-electron chi connectivity index (χ1n) is 5.82. The minimum Gasteiger partial charge on any atom is -0.103 e. The first kappa shape index (κ1) is 13.2. The van der Waals surface area contributed by atoms with Crippen LogP contribution in [0, 0.1) is 0 Å². The van der Waals surface area contributed by atoms with E-state index in [9.17, 15) is 0 Å². The zero-order chi connectivity index (χ0) is 10.5. The van der Waals surface area contributed by atoms with Crippen molar-refractivity contribution in [2.24, 2.45) is 0 Å². The van der Waals surface area contributed by atoms with Crippen molar-refractivity contribution in [1.82, 2.24) is 0 Å². The Hall–Kier alpha value is -0.780. The highest BCUT2D eigenvalue weighted by molar-refractivity contribution is 4.87. The molecule has 80 valence electrons. The van der Waals surface area contributed by atoms with Gasteiger partial charge in [0.1, 0.15) is 0 Å². The predicted molar refractivity (Wildman–Crippen MR) is 66.5 cm³/mol. The third kappa shape index (κ3) is 11.2. The molecule has 0 fully saturated rings. The molecule has 0 aromatic rings. The van der Waals surface area contributed by atoms with Crippen LogP contribution in [0.1, 0.15) is 51.9 Å². The molecule has 0 heterocycles. The van der Waals surface area contributed by atoms with E-state index in [1.54, 1.807) is 0 Å². The van der Waals surface area contributed by atoms with Crippen molar-refractivity contribution in [2.75, 3.05) is 0 Å². The lowest BCUT2D eigenvalue weighted by atomic mass is 10.1. The number of hydrogen-bond acceptors (Lipinski definition) is 0. The zero-order valence-corrected chi connectivity index (χ0v) is 9.54. The number of allylic oxidation sites excluding steroid dienone is 5. The zero-order valence-electron chi connectivity index (χ0n) is 9.54. The van der Waals surface area contributed by atoms with Gasteiger partial charge in [-0.05, 0) is 44.9 Å². The van der Waals surface area contributed by atoms with Crippen LogP contribution >= 0.6 is 0 Å². The van der Waals surface area contributed by atoms with Crippen molar-refractivity contribution in [2.45, 2.75) is 51.9 Å². The van der Waals surface area contributed by atoms with E-state index >= 15 is 0 Å². The van der Waals surface area contributed by atoms with Gasteiger partial charge in [-0.2, -0.15) is 0 Å². The number of rotatable bonds is 9. The lowest BCUT2D eigenvalue weighted by Gasteiger charge is -1.92. The molecule has 0 aromatic heterocycles. The van der Waals surface area contributed by atoms with Gasteiger partial charge in [-0.1, -0.05) is 37.3 Å². The van der Waals surface area contributed by atoms with E-state index < -0.39 is 0 Å². The molecule has 0 heteroatoms. The summed E-state index contributed by atoms with van der Waals surface area (Å²) in [7, 11) is 0. The van der Waals surface area contributed by atoms with E-state index in [0.717, 1.165) is 12.8 Å². The molecular formula is C14H24.